The number of benzene rings is 1. The molecule has 10 nitrogen and oxygen atoms in total. The summed E-state index contributed by atoms with van der Waals surface area (Å²) >= 11 is 6.05. The van der Waals surface area contributed by atoms with Gasteiger partial charge in [-0.3, -0.25) is 4.79 Å². The van der Waals surface area contributed by atoms with Crippen LogP contribution in [0.15, 0.2) is 45.6 Å². The summed E-state index contributed by atoms with van der Waals surface area (Å²) in [6.07, 6.45) is 2.93. The van der Waals surface area contributed by atoms with Crippen molar-refractivity contribution >= 4 is 23.3 Å². The quantitative estimate of drug-likeness (QED) is 0.475. The molecule has 30 heavy (non-hydrogen) atoms. The van der Waals surface area contributed by atoms with Crippen molar-refractivity contribution in [2.75, 3.05) is 12.4 Å². The minimum absolute atomic E-state index is 0.126. The summed E-state index contributed by atoms with van der Waals surface area (Å²) in [4.78, 5) is 22.6. The van der Waals surface area contributed by atoms with Gasteiger partial charge in [0.25, 0.3) is 5.91 Å². The van der Waals surface area contributed by atoms with Gasteiger partial charge in [-0.1, -0.05) is 23.7 Å². The fraction of sp³-hybridized carbons (Fsp3) is 0.211. The van der Waals surface area contributed by atoms with Gasteiger partial charge in [0.05, 0.1) is 12.8 Å². The van der Waals surface area contributed by atoms with Gasteiger partial charge < -0.3 is 18.9 Å². The van der Waals surface area contributed by atoms with E-state index in [1.807, 2.05) is 0 Å². The van der Waals surface area contributed by atoms with Crippen LogP contribution < -0.4 is 5.32 Å². The first-order valence-corrected chi connectivity index (χ1v) is 9.26. The lowest BCUT2D eigenvalue weighted by molar-refractivity contribution is 0.102. The van der Waals surface area contributed by atoms with Crippen molar-refractivity contribution in [3.63, 3.8) is 0 Å². The Morgan fingerprint density at radius 1 is 1.33 bits per heavy atom. The van der Waals surface area contributed by atoms with Crippen LogP contribution in [0.3, 0.4) is 0 Å². The van der Waals surface area contributed by atoms with Gasteiger partial charge in [-0.2, -0.15) is 9.90 Å². The number of amides is 1. The second-order valence-corrected chi connectivity index (χ2v) is 6.74. The molecule has 0 atom stereocenters. The lowest BCUT2D eigenvalue weighted by Crippen LogP contribution is -2.14. The molecule has 154 valence electrons. The zero-order valence-electron chi connectivity index (χ0n) is 16.1. The highest BCUT2D eigenvalue weighted by atomic mass is 35.5. The normalized spacial score (nSPS) is 11.0. The first-order chi connectivity index (χ1) is 14.5. The topological polar surface area (TPSA) is 121 Å². The Kier molecular flexibility index (Phi) is 5.59. The average molecular weight is 429 g/mol. The molecule has 3 heterocycles. The molecule has 3 aromatic heterocycles. The van der Waals surface area contributed by atoms with E-state index < -0.39 is 5.91 Å². The summed E-state index contributed by atoms with van der Waals surface area (Å²) in [5.74, 6) is 0.875. The molecule has 11 heteroatoms. The van der Waals surface area contributed by atoms with Gasteiger partial charge in [0.1, 0.15) is 18.5 Å². The predicted octanol–water partition coefficient (Wildman–Crippen LogP) is 3.33. The van der Waals surface area contributed by atoms with Gasteiger partial charge in [0, 0.05) is 24.6 Å². The van der Waals surface area contributed by atoms with Crippen molar-refractivity contribution in [3.05, 3.63) is 64.9 Å². The standard InChI is InChI=1S/C19H17ClN6O4/c1-11-22-17(18(30-11)12-4-3-5-13(20)6-12)19(27)24-15-7-21-26(25-15)8-16-23-14(9-28-2)10-29-16/h3-7,10H,8-9H2,1-2H3,(H,24,25,27). The smallest absolute Gasteiger partial charge is 0.279 e. The van der Waals surface area contributed by atoms with Crippen molar-refractivity contribution in [1.82, 2.24) is 25.0 Å². The summed E-state index contributed by atoms with van der Waals surface area (Å²) in [5.41, 5.74) is 1.44. The molecule has 1 amide bonds. The number of nitrogens with zero attached hydrogens (tertiary/aromatic N) is 5. The Hall–Kier alpha value is -3.50. The van der Waals surface area contributed by atoms with Crippen molar-refractivity contribution in [1.29, 1.82) is 0 Å². The summed E-state index contributed by atoms with van der Waals surface area (Å²) in [6.45, 7) is 2.22. The number of aromatic nitrogens is 5. The van der Waals surface area contributed by atoms with E-state index >= 15 is 0 Å². The molecular formula is C19H17ClN6O4. The first-order valence-electron chi connectivity index (χ1n) is 8.89. The zero-order valence-corrected chi connectivity index (χ0v) is 16.9. The molecule has 1 N–H and O–H groups in total. The van der Waals surface area contributed by atoms with E-state index in [2.05, 4.69) is 25.5 Å². The molecular weight excluding hydrogens is 412 g/mol. The Morgan fingerprint density at radius 3 is 3.00 bits per heavy atom. The molecule has 0 unspecified atom stereocenters. The second kappa shape index (κ2) is 8.47. The van der Waals surface area contributed by atoms with Crippen LogP contribution in [-0.4, -0.2) is 38.0 Å². The third kappa shape index (κ3) is 4.39. The van der Waals surface area contributed by atoms with E-state index in [9.17, 15) is 4.79 Å². The Labute approximate surface area is 175 Å². The SMILES string of the molecule is COCc1coc(Cn2ncc(NC(=O)c3nc(C)oc3-c3cccc(Cl)c3)n2)n1. The minimum atomic E-state index is -0.479. The fourth-order valence-corrected chi connectivity index (χ4v) is 2.96. The van der Waals surface area contributed by atoms with Crippen LogP contribution in [0.2, 0.25) is 5.02 Å². The van der Waals surface area contributed by atoms with Crippen LogP contribution in [0.1, 0.15) is 28.0 Å². The molecule has 0 saturated carbocycles. The van der Waals surface area contributed by atoms with Crippen LogP contribution >= 0.6 is 11.6 Å². The number of hydrogen-bond acceptors (Lipinski definition) is 8. The number of anilines is 1. The third-order valence-electron chi connectivity index (χ3n) is 3.98. The fourth-order valence-electron chi connectivity index (χ4n) is 2.77. The highest BCUT2D eigenvalue weighted by molar-refractivity contribution is 6.30. The molecule has 0 saturated heterocycles. The van der Waals surface area contributed by atoms with E-state index in [0.717, 1.165) is 0 Å². The van der Waals surface area contributed by atoms with Crippen LogP contribution in [0.25, 0.3) is 11.3 Å². The number of carbonyl (C=O) groups excluding carboxylic acids is 1. The van der Waals surface area contributed by atoms with E-state index in [0.29, 0.717) is 40.4 Å². The maximum atomic E-state index is 12.8. The molecule has 0 radical (unpaired) electrons. The Bertz CT molecular complexity index is 1180. The number of rotatable bonds is 7. The average Bonchev–Trinajstić information content (AvgIpc) is 3.43. The van der Waals surface area contributed by atoms with E-state index in [4.69, 9.17) is 25.2 Å². The zero-order chi connectivity index (χ0) is 21.1. The minimum Gasteiger partial charge on any atom is -0.446 e. The van der Waals surface area contributed by atoms with E-state index in [-0.39, 0.29) is 18.1 Å². The summed E-state index contributed by atoms with van der Waals surface area (Å²) in [6, 6.07) is 6.98. The Balaban J connectivity index is 1.48. The van der Waals surface area contributed by atoms with Gasteiger partial charge in [0.2, 0.25) is 5.89 Å². The number of ether oxygens (including phenoxy) is 1. The molecule has 4 rings (SSSR count). The van der Waals surface area contributed by atoms with Gasteiger partial charge >= 0.3 is 0 Å². The molecule has 0 bridgehead atoms. The van der Waals surface area contributed by atoms with Crippen molar-refractivity contribution in [2.45, 2.75) is 20.1 Å². The molecule has 0 fully saturated rings. The van der Waals surface area contributed by atoms with Gasteiger partial charge in [-0.05, 0) is 12.1 Å². The Morgan fingerprint density at radius 2 is 2.20 bits per heavy atom. The number of oxazole rings is 2. The number of carbonyl (C=O) groups is 1. The van der Waals surface area contributed by atoms with Gasteiger partial charge in [0.15, 0.2) is 23.2 Å². The third-order valence-corrected chi connectivity index (χ3v) is 4.22. The predicted molar refractivity (Wildman–Crippen MR) is 106 cm³/mol. The molecule has 1 aromatic carbocycles. The number of hydrogen-bond donors (Lipinski definition) is 1. The van der Waals surface area contributed by atoms with Gasteiger partial charge in [-0.15, -0.1) is 5.10 Å². The molecule has 4 aromatic rings. The number of methoxy groups -OCH3 is 1. The van der Waals surface area contributed by atoms with E-state index in [1.54, 1.807) is 38.3 Å². The summed E-state index contributed by atoms with van der Waals surface area (Å²) in [5, 5.41) is 11.5. The number of nitrogens with one attached hydrogen (secondary N) is 1. The molecule has 0 spiro atoms. The van der Waals surface area contributed by atoms with Crippen molar-refractivity contribution in [2.24, 2.45) is 0 Å². The summed E-state index contributed by atoms with van der Waals surface area (Å²) in [7, 11) is 1.58. The molecule has 0 aliphatic heterocycles. The highest BCUT2D eigenvalue weighted by Crippen LogP contribution is 2.27. The number of aryl methyl sites for hydroxylation is 1. The molecule has 0 aliphatic carbocycles. The van der Waals surface area contributed by atoms with E-state index in [1.165, 1.54) is 17.3 Å². The van der Waals surface area contributed by atoms with Crippen molar-refractivity contribution in [3.8, 4) is 11.3 Å². The van der Waals surface area contributed by atoms with Crippen LogP contribution in [-0.2, 0) is 17.9 Å². The lowest BCUT2D eigenvalue weighted by Gasteiger charge is -2.02. The second-order valence-electron chi connectivity index (χ2n) is 6.30. The van der Waals surface area contributed by atoms with Crippen molar-refractivity contribution < 1.29 is 18.4 Å². The molecule has 0 aliphatic rings. The lowest BCUT2D eigenvalue weighted by atomic mass is 10.1. The van der Waals surface area contributed by atoms with Crippen LogP contribution in [0.5, 0.6) is 0 Å². The largest absolute Gasteiger partial charge is 0.446 e. The van der Waals surface area contributed by atoms with Crippen LogP contribution in [0, 0.1) is 6.92 Å². The van der Waals surface area contributed by atoms with Crippen LogP contribution in [0.4, 0.5) is 5.82 Å². The summed E-state index contributed by atoms with van der Waals surface area (Å²) < 4.78 is 16.0. The monoisotopic (exact) mass is 428 g/mol. The number of halogens is 1. The van der Waals surface area contributed by atoms with Gasteiger partial charge in [-0.25, -0.2) is 9.97 Å². The maximum Gasteiger partial charge on any atom is 0.279 e. The first kappa shape index (κ1) is 19.8. The maximum absolute atomic E-state index is 12.8. The highest BCUT2D eigenvalue weighted by Gasteiger charge is 2.21.